The molecule has 1 atom stereocenters. The molecule has 0 radical (unpaired) electrons. The first kappa shape index (κ1) is 13.9. The third-order valence-corrected chi connectivity index (χ3v) is 4.03. The molecule has 0 saturated heterocycles. The van der Waals surface area contributed by atoms with E-state index < -0.39 is 0 Å². The summed E-state index contributed by atoms with van der Waals surface area (Å²) >= 11 is 3.39. The summed E-state index contributed by atoms with van der Waals surface area (Å²) < 4.78 is 6.55. The van der Waals surface area contributed by atoms with Crippen LogP contribution in [0.15, 0.2) is 63.5 Å². The van der Waals surface area contributed by atoms with Gasteiger partial charge in [-0.3, -0.25) is 4.79 Å². The van der Waals surface area contributed by atoms with Crippen molar-refractivity contribution in [1.29, 1.82) is 0 Å². The number of carbonyl (C=O) groups excluding carboxylic acids is 1. The molecule has 0 saturated carbocycles. The van der Waals surface area contributed by atoms with Gasteiger partial charge in [0.25, 0.3) is 5.91 Å². The molecule has 2 aromatic carbocycles. The fourth-order valence-electron chi connectivity index (χ4n) is 2.21. The number of halogens is 1. The fraction of sp³-hybridized carbons (Fsp3) is 0.118. The summed E-state index contributed by atoms with van der Waals surface area (Å²) in [5, 5.41) is 3.99. The van der Waals surface area contributed by atoms with Gasteiger partial charge in [0, 0.05) is 9.86 Å². The number of carbonyl (C=O) groups is 1. The summed E-state index contributed by atoms with van der Waals surface area (Å²) in [5.74, 6) is 0.618. The molecule has 0 fully saturated rings. The molecule has 3 aromatic rings. The van der Waals surface area contributed by atoms with Gasteiger partial charge >= 0.3 is 0 Å². The van der Waals surface area contributed by atoms with Gasteiger partial charge in [-0.15, -0.1) is 0 Å². The Labute approximate surface area is 131 Å². The molecular formula is C17H14BrNO2. The molecule has 0 unspecified atom stereocenters. The van der Waals surface area contributed by atoms with Crippen molar-refractivity contribution in [3.63, 3.8) is 0 Å². The van der Waals surface area contributed by atoms with Crippen LogP contribution in [0, 0.1) is 0 Å². The number of hydrogen-bond donors (Lipinski definition) is 1. The van der Waals surface area contributed by atoms with Crippen molar-refractivity contribution in [3.8, 4) is 0 Å². The summed E-state index contributed by atoms with van der Waals surface area (Å²) in [6.07, 6.45) is 0. The number of amides is 1. The molecule has 1 heterocycles. The largest absolute Gasteiger partial charge is 0.459 e. The van der Waals surface area contributed by atoms with Gasteiger partial charge in [0.15, 0.2) is 0 Å². The molecule has 3 nitrogen and oxygen atoms in total. The predicted octanol–water partition coefficient (Wildman–Crippen LogP) is 4.69. The van der Waals surface area contributed by atoms with Crippen LogP contribution in [0.4, 0.5) is 0 Å². The molecule has 0 bridgehead atoms. The summed E-state index contributed by atoms with van der Waals surface area (Å²) in [5.41, 5.74) is 1.44. The van der Waals surface area contributed by atoms with Gasteiger partial charge in [-0.1, -0.05) is 30.3 Å². The number of furan rings is 1. The standard InChI is InChI=1S/C17H14BrNO2/c1-11(16-10-12-6-2-5-9-15(12)21-16)19-17(20)13-7-3-4-8-14(13)18/h2-11H,1H3,(H,19,20)/t11-/m1/s1. The van der Waals surface area contributed by atoms with Crippen molar-refractivity contribution in [2.75, 3.05) is 0 Å². The first-order valence-electron chi connectivity index (χ1n) is 6.69. The van der Waals surface area contributed by atoms with E-state index in [2.05, 4.69) is 21.2 Å². The van der Waals surface area contributed by atoms with Gasteiger partial charge in [-0.25, -0.2) is 0 Å². The van der Waals surface area contributed by atoms with Crippen molar-refractivity contribution in [2.24, 2.45) is 0 Å². The molecule has 106 valence electrons. The van der Waals surface area contributed by atoms with Gasteiger partial charge < -0.3 is 9.73 Å². The molecule has 1 N–H and O–H groups in total. The molecule has 4 heteroatoms. The molecule has 3 rings (SSSR count). The van der Waals surface area contributed by atoms with Gasteiger partial charge in [-0.2, -0.15) is 0 Å². The minimum atomic E-state index is -0.197. The highest BCUT2D eigenvalue weighted by atomic mass is 79.9. The molecule has 0 aliphatic rings. The van der Waals surface area contributed by atoms with E-state index in [1.807, 2.05) is 55.5 Å². The van der Waals surface area contributed by atoms with Gasteiger partial charge in [0.2, 0.25) is 0 Å². The predicted molar refractivity (Wildman–Crippen MR) is 86.2 cm³/mol. The lowest BCUT2D eigenvalue weighted by molar-refractivity contribution is 0.0935. The number of rotatable bonds is 3. The van der Waals surface area contributed by atoms with Crippen LogP contribution in [-0.4, -0.2) is 5.91 Å². The first-order valence-corrected chi connectivity index (χ1v) is 7.48. The number of benzene rings is 2. The zero-order valence-corrected chi connectivity index (χ0v) is 13.1. The van der Waals surface area contributed by atoms with Crippen molar-refractivity contribution >= 4 is 32.8 Å². The highest BCUT2D eigenvalue weighted by molar-refractivity contribution is 9.10. The van der Waals surface area contributed by atoms with Gasteiger partial charge in [-0.05, 0) is 47.1 Å². The second-order valence-corrected chi connectivity index (χ2v) is 5.72. The summed E-state index contributed by atoms with van der Waals surface area (Å²) in [6.45, 7) is 1.91. The Morgan fingerprint density at radius 1 is 1.14 bits per heavy atom. The molecule has 0 aliphatic carbocycles. The highest BCUT2D eigenvalue weighted by Crippen LogP contribution is 2.24. The highest BCUT2D eigenvalue weighted by Gasteiger charge is 2.16. The van der Waals surface area contributed by atoms with Crippen LogP contribution in [0.25, 0.3) is 11.0 Å². The Morgan fingerprint density at radius 2 is 1.86 bits per heavy atom. The SMILES string of the molecule is C[C@@H](NC(=O)c1ccccc1Br)c1cc2ccccc2o1. The Balaban J connectivity index is 1.81. The average Bonchev–Trinajstić information content (AvgIpc) is 2.91. The molecule has 0 spiro atoms. The summed E-state index contributed by atoms with van der Waals surface area (Å²) in [6, 6.07) is 16.9. The van der Waals surface area contributed by atoms with E-state index in [-0.39, 0.29) is 11.9 Å². The normalized spacial score (nSPS) is 12.3. The van der Waals surface area contributed by atoms with Crippen LogP contribution in [0.5, 0.6) is 0 Å². The van der Waals surface area contributed by atoms with Crippen LogP contribution in [0.1, 0.15) is 29.1 Å². The van der Waals surface area contributed by atoms with Gasteiger partial charge in [0.05, 0.1) is 11.6 Å². The van der Waals surface area contributed by atoms with E-state index in [4.69, 9.17) is 4.42 Å². The second kappa shape index (κ2) is 5.74. The fourth-order valence-corrected chi connectivity index (χ4v) is 2.67. The molecule has 21 heavy (non-hydrogen) atoms. The van der Waals surface area contributed by atoms with E-state index >= 15 is 0 Å². The van der Waals surface area contributed by atoms with Crippen LogP contribution in [0.3, 0.4) is 0 Å². The third-order valence-electron chi connectivity index (χ3n) is 3.34. The summed E-state index contributed by atoms with van der Waals surface area (Å²) in [4.78, 5) is 12.3. The lowest BCUT2D eigenvalue weighted by Crippen LogP contribution is -2.26. The topological polar surface area (TPSA) is 42.2 Å². The van der Waals surface area contributed by atoms with E-state index in [9.17, 15) is 4.79 Å². The van der Waals surface area contributed by atoms with Crippen molar-refractivity contribution in [3.05, 3.63) is 70.4 Å². The van der Waals surface area contributed by atoms with Crippen LogP contribution in [0.2, 0.25) is 0 Å². The van der Waals surface area contributed by atoms with Crippen LogP contribution < -0.4 is 5.32 Å². The molecule has 0 aliphatic heterocycles. The quantitative estimate of drug-likeness (QED) is 0.749. The van der Waals surface area contributed by atoms with Crippen molar-refractivity contribution in [2.45, 2.75) is 13.0 Å². The van der Waals surface area contributed by atoms with Crippen LogP contribution in [-0.2, 0) is 0 Å². The monoisotopic (exact) mass is 343 g/mol. The Morgan fingerprint density at radius 3 is 2.62 bits per heavy atom. The zero-order valence-electron chi connectivity index (χ0n) is 11.5. The van der Waals surface area contributed by atoms with E-state index in [0.717, 1.165) is 21.2 Å². The Bertz CT molecular complexity index is 761. The maximum absolute atomic E-state index is 12.3. The van der Waals surface area contributed by atoms with E-state index in [1.165, 1.54) is 0 Å². The van der Waals surface area contributed by atoms with Crippen molar-refractivity contribution in [1.82, 2.24) is 5.32 Å². The lowest BCUT2D eigenvalue weighted by atomic mass is 10.1. The van der Waals surface area contributed by atoms with E-state index in [1.54, 1.807) is 6.07 Å². The van der Waals surface area contributed by atoms with Gasteiger partial charge in [0.1, 0.15) is 11.3 Å². The average molecular weight is 344 g/mol. The number of hydrogen-bond acceptors (Lipinski definition) is 2. The number of nitrogens with one attached hydrogen (secondary N) is 1. The Kier molecular flexibility index (Phi) is 3.80. The summed E-state index contributed by atoms with van der Waals surface area (Å²) in [7, 11) is 0. The number of para-hydroxylation sites is 1. The lowest BCUT2D eigenvalue weighted by Gasteiger charge is -2.12. The van der Waals surface area contributed by atoms with Crippen molar-refractivity contribution < 1.29 is 9.21 Å². The first-order chi connectivity index (χ1) is 10.1. The number of fused-ring (bicyclic) bond motifs is 1. The maximum atomic E-state index is 12.3. The molecule has 1 amide bonds. The Hall–Kier alpha value is -2.07. The third kappa shape index (κ3) is 2.85. The minimum Gasteiger partial charge on any atom is -0.459 e. The van der Waals surface area contributed by atoms with Crippen LogP contribution >= 0.6 is 15.9 Å². The van der Waals surface area contributed by atoms with E-state index in [0.29, 0.717) is 5.56 Å². The second-order valence-electron chi connectivity index (χ2n) is 4.86. The maximum Gasteiger partial charge on any atom is 0.253 e. The minimum absolute atomic E-state index is 0.129. The zero-order chi connectivity index (χ0) is 14.8. The molecular weight excluding hydrogens is 330 g/mol. The smallest absolute Gasteiger partial charge is 0.253 e. The molecule has 1 aromatic heterocycles.